The first-order chi connectivity index (χ1) is 9.13. The molecule has 96 valence electrons. The van der Waals surface area contributed by atoms with Crippen molar-refractivity contribution in [2.24, 2.45) is 7.05 Å². The molecule has 0 fully saturated rings. The molecule has 0 atom stereocenters. The fourth-order valence-corrected chi connectivity index (χ4v) is 2.62. The summed E-state index contributed by atoms with van der Waals surface area (Å²) in [6, 6.07) is 9.53. The van der Waals surface area contributed by atoms with E-state index in [1.165, 1.54) is 11.3 Å². The molecule has 19 heavy (non-hydrogen) atoms. The van der Waals surface area contributed by atoms with Crippen LogP contribution in [-0.4, -0.2) is 20.7 Å². The summed E-state index contributed by atoms with van der Waals surface area (Å²) >= 11 is 1.45. The molecule has 2 heterocycles. The van der Waals surface area contributed by atoms with Gasteiger partial charge in [0.25, 0.3) is 5.91 Å². The van der Waals surface area contributed by atoms with E-state index in [0.717, 1.165) is 15.9 Å². The number of para-hydroxylation sites is 1. The van der Waals surface area contributed by atoms with Crippen molar-refractivity contribution in [3.8, 4) is 0 Å². The highest BCUT2D eigenvalue weighted by atomic mass is 32.1. The Hall–Kier alpha value is -2.21. The van der Waals surface area contributed by atoms with Gasteiger partial charge in [-0.3, -0.25) is 14.8 Å². The lowest BCUT2D eigenvalue weighted by Crippen LogP contribution is -2.12. The summed E-state index contributed by atoms with van der Waals surface area (Å²) in [7, 11) is 1.81. The summed E-state index contributed by atoms with van der Waals surface area (Å²) < 4.78 is 2.72. The number of nitrogens with zero attached hydrogens (tertiary/aromatic N) is 3. The monoisotopic (exact) mass is 272 g/mol. The second kappa shape index (κ2) is 4.47. The van der Waals surface area contributed by atoms with Crippen LogP contribution in [0.1, 0.15) is 16.2 Å². The van der Waals surface area contributed by atoms with E-state index in [1.54, 1.807) is 10.7 Å². The molecule has 2 aromatic heterocycles. The van der Waals surface area contributed by atoms with Crippen molar-refractivity contribution in [1.82, 2.24) is 14.8 Å². The van der Waals surface area contributed by atoms with Crippen molar-refractivity contribution < 1.29 is 4.79 Å². The van der Waals surface area contributed by atoms with Crippen LogP contribution in [0.5, 0.6) is 0 Å². The van der Waals surface area contributed by atoms with E-state index in [-0.39, 0.29) is 5.91 Å². The lowest BCUT2D eigenvalue weighted by atomic mass is 10.3. The van der Waals surface area contributed by atoms with E-state index in [2.05, 4.69) is 15.4 Å². The molecule has 0 saturated heterocycles. The quantitative estimate of drug-likeness (QED) is 0.780. The molecule has 0 aliphatic rings. The Balaban J connectivity index is 1.86. The van der Waals surface area contributed by atoms with Gasteiger partial charge in [0.1, 0.15) is 0 Å². The highest BCUT2D eigenvalue weighted by Gasteiger charge is 2.13. The Bertz CT molecular complexity index is 706. The maximum absolute atomic E-state index is 12.0. The van der Waals surface area contributed by atoms with Crippen LogP contribution in [0.3, 0.4) is 0 Å². The molecule has 3 rings (SSSR count). The molecule has 0 spiro atoms. The van der Waals surface area contributed by atoms with Crippen molar-refractivity contribution in [3.63, 3.8) is 0 Å². The Morgan fingerprint density at radius 2 is 2.16 bits per heavy atom. The predicted octanol–water partition coefficient (Wildman–Crippen LogP) is 2.59. The second-order valence-electron chi connectivity index (χ2n) is 4.24. The molecule has 1 amide bonds. The average molecular weight is 272 g/mol. The van der Waals surface area contributed by atoms with Crippen LogP contribution in [0.2, 0.25) is 0 Å². The van der Waals surface area contributed by atoms with E-state index in [1.807, 2.05) is 38.2 Å². The van der Waals surface area contributed by atoms with Gasteiger partial charge in [0.05, 0.1) is 10.2 Å². The van der Waals surface area contributed by atoms with Crippen molar-refractivity contribution in [3.05, 3.63) is 41.7 Å². The Morgan fingerprint density at radius 1 is 1.37 bits per heavy atom. The van der Waals surface area contributed by atoms with Gasteiger partial charge < -0.3 is 0 Å². The first kappa shape index (κ1) is 11.9. The largest absolute Gasteiger partial charge is 0.296 e. The van der Waals surface area contributed by atoms with Gasteiger partial charge in [-0.05, 0) is 25.1 Å². The third kappa shape index (κ3) is 2.22. The molecule has 3 aromatic rings. The maximum Gasteiger partial charge on any atom is 0.277 e. The molecule has 6 heteroatoms. The zero-order valence-corrected chi connectivity index (χ0v) is 11.4. The molecule has 1 N–H and O–H groups in total. The molecular formula is C13H12N4OS. The van der Waals surface area contributed by atoms with Gasteiger partial charge in [-0.1, -0.05) is 23.5 Å². The van der Waals surface area contributed by atoms with Crippen molar-refractivity contribution >= 4 is 32.6 Å². The third-order valence-corrected chi connectivity index (χ3v) is 3.81. The zero-order valence-electron chi connectivity index (χ0n) is 10.5. The number of hydrogen-bond acceptors (Lipinski definition) is 4. The molecule has 0 aliphatic carbocycles. The lowest BCUT2D eigenvalue weighted by Gasteiger charge is -1.96. The van der Waals surface area contributed by atoms with Crippen molar-refractivity contribution in [1.29, 1.82) is 0 Å². The number of amides is 1. The molecular weight excluding hydrogens is 260 g/mol. The number of fused-ring (bicyclic) bond motifs is 1. The van der Waals surface area contributed by atoms with Crippen molar-refractivity contribution in [2.45, 2.75) is 6.92 Å². The number of carbonyl (C=O) groups is 1. The number of rotatable bonds is 2. The highest BCUT2D eigenvalue weighted by Crippen LogP contribution is 2.25. The summed E-state index contributed by atoms with van der Waals surface area (Å²) in [4.78, 5) is 16.4. The first-order valence-corrected chi connectivity index (χ1v) is 6.63. The van der Waals surface area contributed by atoms with Crippen LogP contribution in [0.15, 0.2) is 30.3 Å². The van der Waals surface area contributed by atoms with Crippen LogP contribution in [-0.2, 0) is 7.05 Å². The maximum atomic E-state index is 12.0. The molecule has 1 aromatic carbocycles. The number of carbonyl (C=O) groups excluding carboxylic acids is 1. The third-order valence-electron chi connectivity index (χ3n) is 2.86. The average Bonchev–Trinajstić information content (AvgIpc) is 2.93. The van der Waals surface area contributed by atoms with Crippen LogP contribution in [0, 0.1) is 6.92 Å². The molecule has 5 nitrogen and oxygen atoms in total. The van der Waals surface area contributed by atoms with E-state index in [9.17, 15) is 4.79 Å². The Kier molecular flexibility index (Phi) is 2.79. The summed E-state index contributed by atoms with van der Waals surface area (Å²) in [6.07, 6.45) is 0. The smallest absolute Gasteiger partial charge is 0.277 e. The summed E-state index contributed by atoms with van der Waals surface area (Å²) in [5, 5.41) is 7.51. The number of nitrogens with one attached hydrogen (secondary N) is 1. The normalized spacial score (nSPS) is 10.8. The standard InChI is InChI=1S/C13H12N4OS/c1-8-7-10(16-17(8)2)12(18)15-13-14-9-5-3-4-6-11(9)19-13/h3-7H,1-2H3,(H,14,15,18). The van der Waals surface area contributed by atoms with Gasteiger partial charge in [-0.2, -0.15) is 5.10 Å². The lowest BCUT2D eigenvalue weighted by molar-refractivity contribution is 0.102. The highest BCUT2D eigenvalue weighted by molar-refractivity contribution is 7.22. The van der Waals surface area contributed by atoms with E-state index in [4.69, 9.17) is 0 Å². The van der Waals surface area contributed by atoms with E-state index < -0.39 is 0 Å². The first-order valence-electron chi connectivity index (χ1n) is 5.81. The van der Waals surface area contributed by atoms with Gasteiger partial charge in [0.2, 0.25) is 0 Å². The molecule has 0 saturated carbocycles. The summed E-state index contributed by atoms with van der Waals surface area (Å²) in [5.74, 6) is -0.234. The Labute approximate surface area is 113 Å². The van der Waals surface area contributed by atoms with Crippen LogP contribution in [0.4, 0.5) is 5.13 Å². The minimum atomic E-state index is -0.234. The SMILES string of the molecule is Cc1cc(C(=O)Nc2nc3ccccc3s2)nn1C. The topological polar surface area (TPSA) is 59.8 Å². The van der Waals surface area contributed by atoms with Crippen molar-refractivity contribution in [2.75, 3.05) is 5.32 Å². The number of anilines is 1. The summed E-state index contributed by atoms with van der Waals surface area (Å²) in [6.45, 7) is 1.90. The van der Waals surface area contributed by atoms with Gasteiger partial charge in [-0.15, -0.1) is 0 Å². The number of hydrogen-bond donors (Lipinski definition) is 1. The van der Waals surface area contributed by atoms with Crippen LogP contribution >= 0.6 is 11.3 Å². The minimum Gasteiger partial charge on any atom is -0.296 e. The molecule has 0 aliphatic heterocycles. The minimum absolute atomic E-state index is 0.234. The molecule has 0 unspecified atom stereocenters. The zero-order chi connectivity index (χ0) is 13.4. The predicted molar refractivity (Wildman–Crippen MR) is 75.5 cm³/mol. The van der Waals surface area contributed by atoms with Gasteiger partial charge in [-0.25, -0.2) is 4.98 Å². The molecule has 0 bridgehead atoms. The number of aromatic nitrogens is 3. The number of aryl methyl sites for hydroxylation is 2. The Morgan fingerprint density at radius 3 is 2.84 bits per heavy atom. The fraction of sp³-hybridized carbons (Fsp3) is 0.154. The van der Waals surface area contributed by atoms with E-state index in [0.29, 0.717) is 10.8 Å². The number of benzene rings is 1. The molecule has 0 radical (unpaired) electrons. The van der Waals surface area contributed by atoms with E-state index >= 15 is 0 Å². The fourth-order valence-electron chi connectivity index (χ4n) is 1.76. The van der Waals surface area contributed by atoms with Crippen LogP contribution < -0.4 is 5.32 Å². The van der Waals surface area contributed by atoms with Crippen LogP contribution in [0.25, 0.3) is 10.2 Å². The van der Waals surface area contributed by atoms with Gasteiger partial charge in [0.15, 0.2) is 10.8 Å². The van der Waals surface area contributed by atoms with Gasteiger partial charge >= 0.3 is 0 Å². The summed E-state index contributed by atoms with van der Waals surface area (Å²) in [5.41, 5.74) is 2.23. The van der Waals surface area contributed by atoms with Gasteiger partial charge in [0, 0.05) is 12.7 Å². The second-order valence-corrected chi connectivity index (χ2v) is 5.27. The number of thiazole rings is 1.